The molecule has 0 aliphatic carbocycles. The van der Waals surface area contributed by atoms with Crippen molar-refractivity contribution >= 4 is 0 Å². The summed E-state index contributed by atoms with van der Waals surface area (Å²) in [5, 5.41) is 8.39. The number of hydrogen-bond acceptors (Lipinski definition) is 3. The lowest BCUT2D eigenvalue weighted by Crippen LogP contribution is -2.09. The molecule has 0 unspecified atom stereocenters. The second kappa shape index (κ2) is 3.54. The van der Waals surface area contributed by atoms with Crippen LogP contribution in [-0.2, 0) is 6.18 Å². The number of methoxy groups -OCH3 is 1. The molecule has 0 radical (unpaired) electrons. The number of halogens is 3. The first-order valence-electron chi connectivity index (χ1n) is 3.50. The monoisotopic (exact) mass is 202 g/mol. The largest absolute Gasteiger partial charge is 0.495 e. The molecule has 1 aromatic heterocycles. The Balaban J connectivity index is 3.31. The van der Waals surface area contributed by atoms with Crippen LogP contribution in [0, 0.1) is 11.3 Å². The minimum Gasteiger partial charge on any atom is -0.495 e. The van der Waals surface area contributed by atoms with Gasteiger partial charge in [0.2, 0.25) is 0 Å². The zero-order valence-corrected chi connectivity index (χ0v) is 7.09. The van der Waals surface area contributed by atoms with E-state index >= 15 is 0 Å². The van der Waals surface area contributed by atoms with Gasteiger partial charge in [-0.05, 0) is 6.07 Å². The second-order valence-electron chi connectivity index (χ2n) is 2.38. The van der Waals surface area contributed by atoms with Crippen LogP contribution in [0.3, 0.4) is 0 Å². The molecule has 1 aromatic rings. The quantitative estimate of drug-likeness (QED) is 0.699. The van der Waals surface area contributed by atoms with E-state index in [1.165, 1.54) is 13.2 Å². The molecule has 0 aliphatic heterocycles. The molecule has 6 heteroatoms. The smallest absolute Gasteiger partial charge is 0.419 e. The predicted molar refractivity (Wildman–Crippen MR) is 40.5 cm³/mol. The van der Waals surface area contributed by atoms with Gasteiger partial charge < -0.3 is 4.74 Å². The molecule has 0 bridgehead atoms. The molecule has 0 N–H and O–H groups in total. The third kappa shape index (κ3) is 1.93. The van der Waals surface area contributed by atoms with Gasteiger partial charge in [-0.2, -0.15) is 18.4 Å². The molecule has 1 rings (SSSR count). The molecule has 0 saturated carbocycles. The highest BCUT2D eigenvalue weighted by Gasteiger charge is 2.34. The first kappa shape index (κ1) is 10.3. The Morgan fingerprint density at radius 1 is 1.50 bits per heavy atom. The number of pyridine rings is 1. The van der Waals surface area contributed by atoms with Crippen molar-refractivity contribution in [2.24, 2.45) is 0 Å². The van der Waals surface area contributed by atoms with Crippen LogP contribution in [0.4, 0.5) is 13.2 Å². The number of nitriles is 1. The highest BCUT2D eigenvalue weighted by atomic mass is 19.4. The summed E-state index contributed by atoms with van der Waals surface area (Å²) in [5.74, 6) is -0.0312. The maximum Gasteiger partial charge on any atom is 0.419 e. The number of nitrogens with zero attached hydrogens (tertiary/aromatic N) is 2. The fourth-order valence-corrected chi connectivity index (χ4v) is 0.862. The van der Waals surface area contributed by atoms with Gasteiger partial charge in [0.25, 0.3) is 0 Å². The van der Waals surface area contributed by atoms with Crippen LogP contribution in [0.1, 0.15) is 11.3 Å². The number of alkyl halides is 3. The lowest BCUT2D eigenvalue weighted by atomic mass is 10.2. The SMILES string of the molecule is COc1cnc(C#N)c(C(F)(F)F)c1. The standard InChI is InChI=1S/C8H5F3N2O/c1-14-5-2-6(8(9,10)11)7(3-12)13-4-5/h2,4H,1H3. The molecule has 1 heterocycles. The second-order valence-corrected chi connectivity index (χ2v) is 2.38. The summed E-state index contributed by atoms with van der Waals surface area (Å²) in [6.07, 6.45) is -3.53. The Hall–Kier alpha value is -1.77. The fraction of sp³-hybridized carbons (Fsp3) is 0.250. The van der Waals surface area contributed by atoms with Gasteiger partial charge >= 0.3 is 6.18 Å². The van der Waals surface area contributed by atoms with Gasteiger partial charge in [-0.3, -0.25) is 0 Å². The van der Waals surface area contributed by atoms with Crippen LogP contribution in [0.15, 0.2) is 12.3 Å². The van der Waals surface area contributed by atoms with E-state index in [1.807, 2.05) is 0 Å². The zero-order valence-electron chi connectivity index (χ0n) is 7.09. The van der Waals surface area contributed by atoms with Crippen molar-refractivity contribution in [3.8, 4) is 11.8 Å². The van der Waals surface area contributed by atoms with Gasteiger partial charge in [0, 0.05) is 0 Å². The van der Waals surface area contributed by atoms with Crippen molar-refractivity contribution in [3.05, 3.63) is 23.5 Å². The van der Waals surface area contributed by atoms with Crippen molar-refractivity contribution in [1.29, 1.82) is 5.26 Å². The Morgan fingerprint density at radius 3 is 2.57 bits per heavy atom. The average molecular weight is 202 g/mol. The van der Waals surface area contributed by atoms with E-state index in [1.54, 1.807) is 0 Å². The summed E-state index contributed by atoms with van der Waals surface area (Å²) in [4.78, 5) is 3.33. The van der Waals surface area contributed by atoms with E-state index in [0.29, 0.717) is 0 Å². The number of ether oxygens (including phenoxy) is 1. The average Bonchev–Trinajstić information content (AvgIpc) is 2.15. The van der Waals surface area contributed by atoms with Crippen LogP contribution in [0.5, 0.6) is 5.75 Å². The lowest BCUT2D eigenvalue weighted by molar-refractivity contribution is -0.138. The Morgan fingerprint density at radius 2 is 2.14 bits per heavy atom. The predicted octanol–water partition coefficient (Wildman–Crippen LogP) is 1.98. The molecular weight excluding hydrogens is 197 g/mol. The van der Waals surface area contributed by atoms with Gasteiger partial charge in [-0.25, -0.2) is 4.98 Å². The van der Waals surface area contributed by atoms with E-state index in [9.17, 15) is 13.2 Å². The van der Waals surface area contributed by atoms with Crippen LogP contribution >= 0.6 is 0 Å². The summed E-state index contributed by atoms with van der Waals surface area (Å²) in [5.41, 5.74) is -1.74. The van der Waals surface area contributed by atoms with E-state index < -0.39 is 17.4 Å². The summed E-state index contributed by atoms with van der Waals surface area (Å²) in [6, 6.07) is 2.11. The lowest BCUT2D eigenvalue weighted by Gasteiger charge is -2.08. The van der Waals surface area contributed by atoms with Crippen molar-refractivity contribution in [2.45, 2.75) is 6.18 Å². The number of hydrogen-bond donors (Lipinski definition) is 0. The molecule has 0 fully saturated rings. The van der Waals surface area contributed by atoms with Crippen molar-refractivity contribution in [1.82, 2.24) is 4.98 Å². The van der Waals surface area contributed by atoms with Crippen molar-refractivity contribution < 1.29 is 17.9 Å². The Bertz CT molecular complexity index is 381. The normalized spacial score (nSPS) is 10.8. The Labute approximate surface area is 77.7 Å². The van der Waals surface area contributed by atoms with Crippen LogP contribution < -0.4 is 4.74 Å². The van der Waals surface area contributed by atoms with Crippen LogP contribution in [0.25, 0.3) is 0 Å². The summed E-state index contributed by atoms with van der Waals surface area (Å²) < 4.78 is 41.5. The van der Waals surface area contributed by atoms with Crippen molar-refractivity contribution in [3.63, 3.8) is 0 Å². The van der Waals surface area contributed by atoms with E-state index in [4.69, 9.17) is 5.26 Å². The molecule has 0 atom stereocenters. The molecule has 74 valence electrons. The number of aromatic nitrogens is 1. The zero-order chi connectivity index (χ0) is 10.8. The van der Waals surface area contributed by atoms with Crippen molar-refractivity contribution in [2.75, 3.05) is 7.11 Å². The van der Waals surface area contributed by atoms with Gasteiger partial charge in [-0.1, -0.05) is 0 Å². The minimum atomic E-state index is -4.59. The minimum absolute atomic E-state index is 0.0312. The highest BCUT2D eigenvalue weighted by Crippen LogP contribution is 2.32. The Kier molecular flexibility index (Phi) is 2.60. The van der Waals surface area contributed by atoms with Gasteiger partial charge in [0.1, 0.15) is 11.8 Å². The first-order valence-corrected chi connectivity index (χ1v) is 3.50. The third-order valence-electron chi connectivity index (χ3n) is 1.51. The maximum absolute atomic E-state index is 12.3. The summed E-state index contributed by atoms with van der Waals surface area (Å²) >= 11 is 0. The third-order valence-corrected chi connectivity index (χ3v) is 1.51. The molecule has 14 heavy (non-hydrogen) atoms. The van der Waals surface area contributed by atoms with Gasteiger partial charge in [0.15, 0.2) is 5.69 Å². The van der Waals surface area contributed by atoms with E-state index in [-0.39, 0.29) is 5.75 Å². The molecule has 0 aliphatic rings. The molecule has 0 aromatic carbocycles. The van der Waals surface area contributed by atoms with Gasteiger partial charge in [0.05, 0.1) is 18.9 Å². The first-order chi connectivity index (χ1) is 6.49. The summed E-state index contributed by atoms with van der Waals surface area (Å²) in [7, 11) is 1.23. The van der Waals surface area contributed by atoms with Crippen LogP contribution in [-0.4, -0.2) is 12.1 Å². The fourth-order valence-electron chi connectivity index (χ4n) is 0.862. The van der Waals surface area contributed by atoms with E-state index in [2.05, 4.69) is 9.72 Å². The van der Waals surface area contributed by atoms with Gasteiger partial charge in [-0.15, -0.1) is 0 Å². The molecule has 0 spiro atoms. The van der Waals surface area contributed by atoms with E-state index in [0.717, 1.165) is 12.3 Å². The topological polar surface area (TPSA) is 45.9 Å². The molecule has 3 nitrogen and oxygen atoms in total. The molecule has 0 saturated heterocycles. The highest BCUT2D eigenvalue weighted by molar-refractivity contribution is 5.38. The summed E-state index contributed by atoms with van der Waals surface area (Å²) in [6.45, 7) is 0. The molecule has 0 amide bonds. The number of rotatable bonds is 1. The molecular formula is C8H5F3N2O. The van der Waals surface area contributed by atoms with Crippen LogP contribution in [0.2, 0.25) is 0 Å². The maximum atomic E-state index is 12.3.